The minimum atomic E-state index is -0.432. The van der Waals surface area contributed by atoms with Crippen molar-refractivity contribution < 1.29 is 14.6 Å². The molecule has 0 aromatic heterocycles. The zero-order chi connectivity index (χ0) is 12.8. The van der Waals surface area contributed by atoms with Gasteiger partial charge in [-0.15, -0.1) is 0 Å². The Bertz CT molecular complexity index is 211. The Morgan fingerprint density at radius 1 is 1.44 bits per heavy atom. The molecule has 0 radical (unpaired) electrons. The highest BCUT2D eigenvalue weighted by Crippen LogP contribution is 2.20. The maximum Gasteiger partial charge on any atom is 0.322 e. The first-order valence-electron chi connectivity index (χ1n) is 5.79. The summed E-state index contributed by atoms with van der Waals surface area (Å²) < 4.78 is 4.65. The van der Waals surface area contributed by atoms with Gasteiger partial charge in [-0.3, -0.25) is 4.79 Å². The predicted octanol–water partition coefficient (Wildman–Crippen LogP) is 1.32. The summed E-state index contributed by atoms with van der Waals surface area (Å²) in [6, 6.07) is -0.320. The molecule has 0 rings (SSSR count). The van der Waals surface area contributed by atoms with Crippen LogP contribution in [-0.4, -0.2) is 36.9 Å². The number of ether oxygens (including phenoxy) is 1. The van der Waals surface area contributed by atoms with Crippen molar-refractivity contribution in [2.24, 2.45) is 5.41 Å². The highest BCUT2D eigenvalue weighted by atomic mass is 16.5. The van der Waals surface area contributed by atoms with E-state index in [0.29, 0.717) is 19.4 Å². The minimum Gasteiger partial charge on any atom is -0.468 e. The van der Waals surface area contributed by atoms with Crippen LogP contribution in [0.25, 0.3) is 0 Å². The number of hydrogen-bond donors (Lipinski definition) is 2. The van der Waals surface area contributed by atoms with Gasteiger partial charge in [-0.25, -0.2) is 0 Å². The molecule has 4 nitrogen and oxygen atoms in total. The van der Waals surface area contributed by atoms with E-state index >= 15 is 0 Å². The van der Waals surface area contributed by atoms with Crippen molar-refractivity contribution in [3.05, 3.63) is 0 Å². The van der Waals surface area contributed by atoms with Crippen molar-refractivity contribution in [3.63, 3.8) is 0 Å². The van der Waals surface area contributed by atoms with Gasteiger partial charge in [-0.1, -0.05) is 27.7 Å². The van der Waals surface area contributed by atoms with Crippen LogP contribution in [0.1, 0.15) is 40.5 Å². The van der Waals surface area contributed by atoms with Gasteiger partial charge in [0.1, 0.15) is 6.04 Å². The van der Waals surface area contributed by atoms with Crippen LogP contribution in [0.3, 0.4) is 0 Å². The van der Waals surface area contributed by atoms with Crippen molar-refractivity contribution in [1.29, 1.82) is 0 Å². The largest absolute Gasteiger partial charge is 0.468 e. The maximum atomic E-state index is 11.3. The highest BCUT2D eigenvalue weighted by molar-refractivity contribution is 5.75. The predicted molar refractivity (Wildman–Crippen MR) is 64.2 cm³/mol. The quantitative estimate of drug-likeness (QED) is 0.677. The average Bonchev–Trinajstić information content (AvgIpc) is 2.15. The molecule has 0 aliphatic carbocycles. The van der Waals surface area contributed by atoms with Gasteiger partial charge in [0.05, 0.1) is 13.2 Å². The fraction of sp³-hybridized carbons (Fsp3) is 0.917. The van der Waals surface area contributed by atoms with E-state index < -0.39 is 6.10 Å². The smallest absolute Gasteiger partial charge is 0.322 e. The van der Waals surface area contributed by atoms with Gasteiger partial charge < -0.3 is 15.2 Å². The molecule has 0 aliphatic rings. The zero-order valence-corrected chi connectivity index (χ0v) is 11.0. The van der Waals surface area contributed by atoms with Crippen molar-refractivity contribution in [2.75, 3.05) is 13.7 Å². The van der Waals surface area contributed by atoms with Crippen molar-refractivity contribution in [2.45, 2.75) is 52.7 Å². The molecule has 96 valence electrons. The van der Waals surface area contributed by atoms with Gasteiger partial charge in [0.25, 0.3) is 0 Å². The summed E-state index contributed by atoms with van der Waals surface area (Å²) in [5, 5.41) is 12.8. The monoisotopic (exact) mass is 231 g/mol. The van der Waals surface area contributed by atoms with E-state index in [2.05, 4.69) is 30.8 Å². The van der Waals surface area contributed by atoms with Crippen LogP contribution in [0, 0.1) is 5.41 Å². The molecule has 0 saturated carbocycles. The number of aliphatic hydroxyl groups excluding tert-OH is 1. The lowest BCUT2D eigenvalue weighted by atomic mass is 9.89. The SMILES string of the molecule is CCC(NCC(O)CC(C)(C)C)C(=O)OC. The van der Waals surface area contributed by atoms with Gasteiger partial charge in [-0.05, 0) is 18.3 Å². The van der Waals surface area contributed by atoms with Crippen molar-refractivity contribution in [3.8, 4) is 0 Å². The molecule has 0 aromatic carbocycles. The van der Waals surface area contributed by atoms with Crippen molar-refractivity contribution in [1.82, 2.24) is 5.32 Å². The van der Waals surface area contributed by atoms with Gasteiger partial charge in [0.2, 0.25) is 0 Å². The number of rotatable bonds is 6. The Hall–Kier alpha value is -0.610. The minimum absolute atomic E-state index is 0.0913. The normalized spacial score (nSPS) is 15.6. The molecule has 0 bridgehead atoms. The van der Waals surface area contributed by atoms with Crippen LogP contribution in [0.5, 0.6) is 0 Å². The van der Waals surface area contributed by atoms with Crippen LogP contribution in [0.2, 0.25) is 0 Å². The first-order valence-corrected chi connectivity index (χ1v) is 5.79. The summed E-state index contributed by atoms with van der Waals surface area (Å²) in [7, 11) is 1.37. The lowest BCUT2D eigenvalue weighted by Crippen LogP contribution is -2.41. The molecular weight excluding hydrogens is 206 g/mol. The van der Waals surface area contributed by atoms with E-state index in [4.69, 9.17) is 0 Å². The number of carbonyl (C=O) groups is 1. The second-order valence-corrected chi connectivity index (χ2v) is 5.31. The lowest BCUT2D eigenvalue weighted by Gasteiger charge is -2.24. The second-order valence-electron chi connectivity index (χ2n) is 5.31. The van der Waals surface area contributed by atoms with Gasteiger partial charge in [-0.2, -0.15) is 0 Å². The topological polar surface area (TPSA) is 58.6 Å². The van der Waals surface area contributed by atoms with Crippen LogP contribution >= 0.6 is 0 Å². The Morgan fingerprint density at radius 2 is 2.00 bits per heavy atom. The summed E-state index contributed by atoms with van der Waals surface area (Å²) in [4.78, 5) is 11.3. The number of aliphatic hydroxyl groups is 1. The number of esters is 1. The Morgan fingerprint density at radius 3 is 2.38 bits per heavy atom. The molecule has 0 spiro atoms. The molecule has 2 N–H and O–H groups in total. The number of hydrogen-bond acceptors (Lipinski definition) is 4. The fourth-order valence-corrected chi connectivity index (χ4v) is 1.59. The van der Waals surface area contributed by atoms with Crippen LogP contribution in [0.4, 0.5) is 0 Å². The molecular formula is C12H25NO3. The Labute approximate surface area is 98.4 Å². The maximum absolute atomic E-state index is 11.3. The Balaban J connectivity index is 3.98. The summed E-state index contributed by atoms with van der Waals surface area (Å²) >= 11 is 0. The first-order chi connectivity index (χ1) is 7.30. The zero-order valence-electron chi connectivity index (χ0n) is 11.0. The summed E-state index contributed by atoms with van der Waals surface area (Å²) in [5.74, 6) is -0.273. The van der Waals surface area contributed by atoms with Crippen LogP contribution in [-0.2, 0) is 9.53 Å². The second kappa shape index (κ2) is 6.86. The summed E-state index contributed by atoms with van der Waals surface area (Å²) in [6.45, 7) is 8.56. The number of nitrogens with one attached hydrogen (secondary N) is 1. The number of carbonyl (C=O) groups excluding carboxylic acids is 1. The molecule has 16 heavy (non-hydrogen) atoms. The van der Waals surface area contributed by atoms with Crippen LogP contribution < -0.4 is 5.32 Å². The van der Waals surface area contributed by atoms with Crippen LogP contribution in [0.15, 0.2) is 0 Å². The molecule has 0 fully saturated rings. The summed E-state index contributed by atoms with van der Waals surface area (Å²) in [6.07, 6.45) is 0.936. The third-order valence-corrected chi connectivity index (χ3v) is 2.34. The molecule has 0 aromatic rings. The fourth-order valence-electron chi connectivity index (χ4n) is 1.59. The van der Waals surface area contributed by atoms with E-state index in [1.54, 1.807) is 0 Å². The first kappa shape index (κ1) is 15.4. The average molecular weight is 231 g/mol. The third-order valence-electron chi connectivity index (χ3n) is 2.34. The summed E-state index contributed by atoms with van der Waals surface area (Å²) in [5.41, 5.74) is 0.0913. The number of methoxy groups -OCH3 is 1. The lowest BCUT2D eigenvalue weighted by molar-refractivity contribution is -0.143. The third kappa shape index (κ3) is 6.80. The molecule has 0 saturated heterocycles. The molecule has 0 amide bonds. The molecule has 4 heteroatoms. The van der Waals surface area contributed by atoms with E-state index in [1.165, 1.54) is 7.11 Å². The molecule has 2 unspecified atom stereocenters. The molecule has 2 atom stereocenters. The van der Waals surface area contributed by atoms with Gasteiger partial charge in [0, 0.05) is 6.54 Å². The van der Waals surface area contributed by atoms with Gasteiger partial charge >= 0.3 is 5.97 Å². The van der Waals surface area contributed by atoms with Gasteiger partial charge in [0.15, 0.2) is 0 Å². The van der Waals surface area contributed by atoms with E-state index in [-0.39, 0.29) is 17.4 Å². The van der Waals surface area contributed by atoms with E-state index in [9.17, 15) is 9.90 Å². The van der Waals surface area contributed by atoms with E-state index in [1.807, 2.05) is 6.92 Å². The highest BCUT2D eigenvalue weighted by Gasteiger charge is 2.20. The molecule has 0 aliphatic heterocycles. The van der Waals surface area contributed by atoms with Crippen molar-refractivity contribution >= 4 is 5.97 Å². The standard InChI is InChI=1S/C12H25NO3/c1-6-10(11(15)16-5)13-8-9(14)7-12(2,3)4/h9-10,13-14H,6-8H2,1-5H3. The Kier molecular flexibility index (Phi) is 6.60. The van der Waals surface area contributed by atoms with E-state index in [0.717, 1.165) is 0 Å². The molecule has 0 heterocycles.